The van der Waals surface area contributed by atoms with Crippen LogP contribution in [0.3, 0.4) is 0 Å². The lowest BCUT2D eigenvalue weighted by molar-refractivity contribution is 0.0997. The summed E-state index contributed by atoms with van der Waals surface area (Å²) < 4.78 is 8.79. The van der Waals surface area contributed by atoms with Gasteiger partial charge in [0.15, 0.2) is 4.80 Å². The van der Waals surface area contributed by atoms with Crippen LogP contribution in [0.1, 0.15) is 47.7 Å². The van der Waals surface area contributed by atoms with Gasteiger partial charge < -0.3 is 9.30 Å². The maximum Gasteiger partial charge on any atom is 0.279 e. The van der Waals surface area contributed by atoms with Gasteiger partial charge in [-0.1, -0.05) is 49.2 Å². The van der Waals surface area contributed by atoms with Crippen LogP contribution in [0.4, 0.5) is 0 Å². The fourth-order valence-electron chi connectivity index (χ4n) is 3.33. The Labute approximate surface area is 175 Å². The van der Waals surface area contributed by atoms with E-state index in [1.54, 1.807) is 12.1 Å². The monoisotopic (exact) mass is 406 g/mol. The molecule has 1 amide bonds. The quantitative estimate of drug-likeness (QED) is 0.397. The van der Waals surface area contributed by atoms with Crippen LogP contribution >= 0.6 is 11.3 Å². The molecule has 1 aromatic heterocycles. The van der Waals surface area contributed by atoms with Gasteiger partial charge in [0.05, 0.1) is 23.4 Å². The molecule has 1 heterocycles. The van der Waals surface area contributed by atoms with Crippen molar-refractivity contribution in [1.82, 2.24) is 4.57 Å². The molecule has 0 fully saturated rings. The summed E-state index contributed by atoms with van der Waals surface area (Å²) in [6.45, 7) is 7.30. The minimum Gasteiger partial charge on any atom is -0.494 e. The smallest absolute Gasteiger partial charge is 0.279 e. The molecule has 150 valence electrons. The zero-order valence-corrected chi connectivity index (χ0v) is 18.0. The SMILES string of the molecule is C#CCn1c(=NC(=O)c2cccc(OCCCCC)c2)sc2cc(C)cc(C)c21. The Morgan fingerprint density at radius 2 is 2.07 bits per heavy atom. The van der Waals surface area contributed by atoms with Crippen molar-refractivity contribution in [2.45, 2.75) is 46.6 Å². The van der Waals surface area contributed by atoms with Crippen molar-refractivity contribution < 1.29 is 9.53 Å². The van der Waals surface area contributed by atoms with Gasteiger partial charge in [-0.15, -0.1) is 6.42 Å². The Morgan fingerprint density at radius 1 is 1.24 bits per heavy atom. The molecule has 0 saturated carbocycles. The summed E-state index contributed by atoms with van der Waals surface area (Å²) in [6.07, 6.45) is 8.86. The van der Waals surface area contributed by atoms with Crippen molar-refractivity contribution >= 4 is 27.5 Å². The van der Waals surface area contributed by atoms with Crippen LogP contribution in [0.15, 0.2) is 41.4 Å². The predicted octanol–water partition coefficient (Wildman–Crippen LogP) is 5.26. The molecular formula is C24H26N2O2S. The minimum absolute atomic E-state index is 0.296. The van der Waals surface area contributed by atoms with Gasteiger partial charge in [0.2, 0.25) is 0 Å². The third kappa shape index (κ3) is 4.96. The number of benzene rings is 2. The van der Waals surface area contributed by atoms with E-state index in [4.69, 9.17) is 11.2 Å². The Morgan fingerprint density at radius 3 is 2.83 bits per heavy atom. The summed E-state index contributed by atoms with van der Waals surface area (Å²) in [5.41, 5.74) is 3.85. The first-order valence-corrected chi connectivity index (χ1v) is 10.7. The molecule has 0 N–H and O–H groups in total. The molecular weight excluding hydrogens is 380 g/mol. The van der Waals surface area contributed by atoms with Crippen LogP contribution in [-0.2, 0) is 6.54 Å². The van der Waals surface area contributed by atoms with Crippen LogP contribution < -0.4 is 9.54 Å². The van der Waals surface area contributed by atoms with Gasteiger partial charge in [0.1, 0.15) is 5.75 Å². The highest BCUT2D eigenvalue weighted by molar-refractivity contribution is 7.16. The second kappa shape index (κ2) is 9.58. The van der Waals surface area contributed by atoms with E-state index in [0.29, 0.717) is 29.3 Å². The number of aryl methyl sites for hydroxylation is 2. The summed E-state index contributed by atoms with van der Waals surface area (Å²) in [5.74, 6) is 3.08. The average molecular weight is 407 g/mol. The van der Waals surface area contributed by atoms with E-state index in [-0.39, 0.29) is 5.91 Å². The number of fused-ring (bicyclic) bond motifs is 1. The lowest BCUT2D eigenvalue weighted by Crippen LogP contribution is -2.17. The van der Waals surface area contributed by atoms with Crippen molar-refractivity contribution in [1.29, 1.82) is 0 Å². The Kier molecular flexibility index (Phi) is 6.90. The molecule has 4 nitrogen and oxygen atoms in total. The van der Waals surface area contributed by atoms with Gasteiger partial charge >= 0.3 is 0 Å². The summed E-state index contributed by atoms with van der Waals surface area (Å²) in [4.78, 5) is 17.9. The lowest BCUT2D eigenvalue weighted by atomic mass is 10.1. The third-order valence-electron chi connectivity index (χ3n) is 4.66. The number of nitrogens with zero attached hydrogens (tertiary/aromatic N) is 2. The number of rotatable bonds is 7. The predicted molar refractivity (Wildman–Crippen MR) is 119 cm³/mol. The Bertz CT molecular complexity index is 1130. The normalized spacial score (nSPS) is 11.6. The molecule has 0 radical (unpaired) electrons. The van der Waals surface area contributed by atoms with E-state index in [9.17, 15) is 4.79 Å². The molecule has 0 aliphatic carbocycles. The van der Waals surface area contributed by atoms with Crippen LogP contribution in [-0.4, -0.2) is 17.1 Å². The van der Waals surface area contributed by atoms with Crippen LogP contribution in [0, 0.1) is 26.2 Å². The summed E-state index contributed by atoms with van der Waals surface area (Å²) >= 11 is 1.49. The fraction of sp³-hybridized carbons (Fsp3) is 0.333. The molecule has 5 heteroatoms. The van der Waals surface area contributed by atoms with E-state index in [1.165, 1.54) is 16.9 Å². The molecule has 0 spiro atoms. The molecule has 0 bridgehead atoms. The number of amides is 1. The number of aromatic nitrogens is 1. The summed E-state index contributed by atoms with van der Waals surface area (Å²) in [7, 11) is 0. The van der Waals surface area contributed by atoms with Crippen LogP contribution in [0.25, 0.3) is 10.2 Å². The second-order valence-electron chi connectivity index (χ2n) is 7.10. The first-order chi connectivity index (χ1) is 14.0. The van der Waals surface area contributed by atoms with Crippen molar-refractivity contribution in [3.63, 3.8) is 0 Å². The second-order valence-corrected chi connectivity index (χ2v) is 8.11. The minimum atomic E-state index is -0.296. The van der Waals surface area contributed by atoms with Crippen molar-refractivity contribution in [3.05, 3.63) is 57.9 Å². The summed E-state index contributed by atoms with van der Waals surface area (Å²) in [6, 6.07) is 11.4. The number of thiazole rings is 1. The first kappa shape index (κ1) is 20.9. The molecule has 0 unspecified atom stereocenters. The third-order valence-corrected chi connectivity index (χ3v) is 5.68. The molecule has 0 aliphatic heterocycles. The molecule has 0 saturated heterocycles. The first-order valence-electron chi connectivity index (χ1n) is 9.89. The maximum atomic E-state index is 12.8. The number of carbonyl (C=O) groups is 1. The lowest BCUT2D eigenvalue weighted by Gasteiger charge is -2.06. The van der Waals surface area contributed by atoms with Crippen LogP contribution in [0.2, 0.25) is 0 Å². The number of terminal acetylenes is 1. The van der Waals surface area contributed by atoms with Crippen molar-refractivity contribution in [2.75, 3.05) is 6.61 Å². The van der Waals surface area contributed by atoms with E-state index < -0.39 is 0 Å². The zero-order chi connectivity index (χ0) is 20.8. The fourth-order valence-corrected chi connectivity index (χ4v) is 4.53. The molecule has 2 aromatic carbocycles. The largest absolute Gasteiger partial charge is 0.494 e. The van der Waals surface area contributed by atoms with Crippen molar-refractivity contribution in [2.24, 2.45) is 4.99 Å². The topological polar surface area (TPSA) is 43.6 Å². The number of carbonyl (C=O) groups excluding carboxylic acids is 1. The van der Waals surface area contributed by atoms with E-state index >= 15 is 0 Å². The number of hydrogen-bond donors (Lipinski definition) is 0. The standard InChI is InChI=1S/C24H26N2O2S/c1-5-7-8-13-28-20-11-9-10-19(16-20)23(27)25-24-26(12-6-2)22-18(4)14-17(3)15-21(22)29-24/h2,9-11,14-16H,5,7-8,12-13H2,1,3-4H3. The van der Waals surface area contributed by atoms with Gasteiger partial charge in [0, 0.05) is 5.56 Å². The highest BCUT2D eigenvalue weighted by Crippen LogP contribution is 2.23. The van der Waals surface area contributed by atoms with Gasteiger partial charge in [-0.25, -0.2) is 0 Å². The van der Waals surface area contributed by atoms with Crippen molar-refractivity contribution in [3.8, 4) is 18.1 Å². The van der Waals surface area contributed by atoms with Gasteiger partial charge in [-0.2, -0.15) is 4.99 Å². The zero-order valence-electron chi connectivity index (χ0n) is 17.2. The Balaban J connectivity index is 1.95. The molecule has 0 atom stereocenters. The van der Waals surface area contributed by atoms with E-state index in [1.807, 2.05) is 16.7 Å². The number of unbranched alkanes of at least 4 members (excludes halogenated alkanes) is 2. The molecule has 3 aromatic rings. The molecule has 29 heavy (non-hydrogen) atoms. The highest BCUT2D eigenvalue weighted by atomic mass is 32.1. The molecule has 0 aliphatic rings. The van der Waals surface area contributed by atoms with E-state index in [0.717, 1.165) is 35.0 Å². The maximum absolute atomic E-state index is 12.8. The highest BCUT2D eigenvalue weighted by Gasteiger charge is 2.12. The van der Waals surface area contributed by atoms with Gasteiger partial charge in [-0.3, -0.25) is 4.79 Å². The van der Waals surface area contributed by atoms with Gasteiger partial charge in [0.25, 0.3) is 5.91 Å². The van der Waals surface area contributed by atoms with Crippen LogP contribution in [0.5, 0.6) is 5.75 Å². The number of ether oxygens (including phenoxy) is 1. The number of hydrogen-bond acceptors (Lipinski definition) is 3. The average Bonchev–Trinajstić information content (AvgIpc) is 3.03. The van der Waals surface area contributed by atoms with Gasteiger partial charge in [-0.05, 0) is 55.7 Å². The Hall–Kier alpha value is -2.84. The van der Waals surface area contributed by atoms with E-state index in [2.05, 4.69) is 43.8 Å². The summed E-state index contributed by atoms with van der Waals surface area (Å²) in [5, 5.41) is 0. The molecule has 3 rings (SSSR count).